The fraction of sp³-hybridized carbons (Fsp3) is 1.00. The molecule has 2 nitrogen and oxygen atoms in total. The van der Waals surface area contributed by atoms with E-state index in [1.807, 2.05) is 13.8 Å². The number of piperidine rings is 1. The van der Waals surface area contributed by atoms with Crippen LogP contribution in [0.25, 0.3) is 0 Å². The van der Waals surface area contributed by atoms with Gasteiger partial charge in [0.05, 0.1) is 0 Å². The van der Waals surface area contributed by atoms with Crippen molar-refractivity contribution in [2.24, 2.45) is 5.92 Å². The minimum atomic E-state index is 0.734. The molecule has 2 saturated heterocycles. The molecule has 0 saturated carbocycles. The molecule has 0 radical (unpaired) electrons. The van der Waals surface area contributed by atoms with Gasteiger partial charge in [-0.15, -0.1) is 0 Å². The summed E-state index contributed by atoms with van der Waals surface area (Å²) in [4.78, 5) is 2.60. The molecule has 1 N–H and O–H groups in total. The lowest BCUT2D eigenvalue weighted by atomic mass is 9.94. The minimum Gasteiger partial charge on any atom is -0.312 e. The molecular formula is C12H26N2. The monoisotopic (exact) mass is 198 g/mol. The van der Waals surface area contributed by atoms with E-state index < -0.39 is 0 Å². The van der Waals surface area contributed by atoms with E-state index in [9.17, 15) is 0 Å². The van der Waals surface area contributed by atoms with Crippen molar-refractivity contribution >= 4 is 0 Å². The summed E-state index contributed by atoms with van der Waals surface area (Å²) in [5.74, 6) is 0.946. The first-order valence-electron chi connectivity index (χ1n) is 6.25. The first-order chi connectivity index (χ1) is 6.77. The Morgan fingerprint density at radius 2 is 1.93 bits per heavy atom. The predicted molar refractivity (Wildman–Crippen MR) is 62.6 cm³/mol. The molecule has 2 heteroatoms. The number of nitrogens with zero attached hydrogens (tertiary/aromatic N) is 1. The third-order valence-electron chi connectivity index (χ3n) is 3.36. The van der Waals surface area contributed by atoms with Crippen molar-refractivity contribution in [2.45, 2.75) is 52.6 Å². The van der Waals surface area contributed by atoms with Gasteiger partial charge in [-0.3, -0.25) is 4.90 Å². The number of nitrogens with one attached hydrogen (secondary N) is 1. The molecule has 0 spiro atoms. The Kier molecular flexibility index (Phi) is 4.90. The van der Waals surface area contributed by atoms with Gasteiger partial charge >= 0.3 is 0 Å². The molecule has 2 aliphatic rings. The van der Waals surface area contributed by atoms with Crippen molar-refractivity contribution in [3.05, 3.63) is 0 Å². The van der Waals surface area contributed by atoms with E-state index in [1.165, 1.54) is 32.5 Å². The molecule has 0 amide bonds. The van der Waals surface area contributed by atoms with Gasteiger partial charge in [-0.05, 0) is 39.2 Å². The summed E-state index contributed by atoms with van der Waals surface area (Å²) >= 11 is 0. The van der Waals surface area contributed by atoms with E-state index >= 15 is 0 Å². The average Bonchev–Trinajstić information content (AvgIpc) is 2.64. The molecule has 2 atom stereocenters. The normalized spacial score (nSPS) is 32.4. The van der Waals surface area contributed by atoms with Gasteiger partial charge in [-0.1, -0.05) is 13.8 Å². The zero-order chi connectivity index (χ0) is 10.6. The Morgan fingerprint density at radius 3 is 2.50 bits per heavy atom. The van der Waals surface area contributed by atoms with Crippen LogP contribution in [0.15, 0.2) is 0 Å². The zero-order valence-corrected chi connectivity index (χ0v) is 10.2. The number of likely N-dealkylation sites (tertiary alicyclic amines) is 1. The van der Waals surface area contributed by atoms with Crippen molar-refractivity contribution in [3.63, 3.8) is 0 Å². The highest BCUT2D eigenvalue weighted by atomic mass is 15.2. The zero-order valence-electron chi connectivity index (χ0n) is 10.2. The quantitative estimate of drug-likeness (QED) is 0.694. The Labute approximate surface area is 89.1 Å². The van der Waals surface area contributed by atoms with Gasteiger partial charge in [-0.25, -0.2) is 0 Å². The van der Waals surface area contributed by atoms with Gasteiger partial charge in [0.1, 0.15) is 0 Å². The SMILES string of the molecule is CC.CC(C)N1CC2CCCNC2C1. The molecule has 14 heavy (non-hydrogen) atoms. The van der Waals surface area contributed by atoms with Crippen LogP contribution < -0.4 is 5.32 Å². The van der Waals surface area contributed by atoms with Gasteiger partial charge in [-0.2, -0.15) is 0 Å². The molecule has 0 bridgehead atoms. The first-order valence-corrected chi connectivity index (χ1v) is 6.25. The summed E-state index contributed by atoms with van der Waals surface area (Å²) in [6.07, 6.45) is 2.83. The number of fused-ring (bicyclic) bond motifs is 1. The lowest BCUT2D eigenvalue weighted by molar-refractivity contribution is 0.263. The summed E-state index contributed by atoms with van der Waals surface area (Å²) in [5.41, 5.74) is 0. The van der Waals surface area contributed by atoms with Crippen molar-refractivity contribution in [3.8, 4) is 0 Å². The first kappa shape index (κ1) is 12.0. The second-order valence-corrected chi connectivity index (χ2v) is 4.51. The van der Waals surface area contributed by atoms with E-state index in [0.717, 1.165) is 18.0 Å². The summed E-state index contributed by atoms with van der Waals surface area (Å²) < 4.78 is 0. The maximum atomic E-state index is 3.62. The molecule has 2 unspecified atom stereocenters. The fourth-order valence-electron chi connectivity index (χ4n) is 2.50. The van der Waals surface area contributed by atoms with Crippen LogP contribution in [0, 0.1) is 5.92 Å². The molecule has 2 fully saturated rings. The van der Waals surface area contributed by atoms with Gasteiger partial charge in [0.25, 0.3) is 0 Å². The maximum absolute atomic E-state index is 3.62. The summed E-state index contributed by atoms with van der Waals surface area (Å²) in [6.45, 7) is 12.5. The molecule has 0 aliphatic carbocycles. The van der Waals surface area contributed by atoms with E-state index in [4.69, 9.17) is 0 Å². The standard InChI is InChI=1S/C10H20N2.C2H6/c1-8(2)12-6-9-4-3-5-11-10(9)7-12;1-2/h8-11H,3-7H2,1-2H3;1-2H3. The molecule has 2 heterocycles. The van der Waals surface area contributed by atoms with Gasteiger partial charge in [0.15, 0.2) is 0 Å². The van der Waals surface area contributed by atoms with Crippen molar-refractivity contribution in [1.82, 2.24) is 10.2 Å². The van der Waals surface area contributed by atoms with Crippen LogP contribution in [0.5, 0.6) is 0 Å². The lowest BCUT2D eigenvalue weighted by Gasteiger charge is -2.24. The molecule has 2 rings (SSSR count). The summed E-state index contributed by atoms with van der Waals surface area (Å²) in [5, 5.41) is 3.62. The van der Waals surface area contributed by atoms with E-state index in [-0.39, 0.29) is 0 Å². The van der Waals surface area contributed by atoms with Crippen molar-refractivity contribution in [1.29, 1.82) is 0 Å². The van der Waals surface area contributed by atoms with Crippen LogP contribution in [0.1, 0.15) is 40.5 Å². The highest BCUT2D eigenvalue weighted by Crippen LogP contribution is 2.25. The Morgan fingerprint density at radius 1 is 1.21 bits per heavy atom. The van der Waals surface area contributed by atoms with E-state index in [0.29, 0.717) is 0 Å². The van der Waals surface area contributed by atoms with E-state index in [1.54, 1.807) is 0 Å². The minimum absolute atomic E-state index is 0.734. The predicted octanol–water partition coefficient (Wildman–Crippen LogP) is 2.10. The highest BCUT2D eigenvalue weighted by Gasteiger charge is 2.34. The maximum Gasteiger partial charge on any atom is 0.0235 e. The van der Waals surface area contributed by atoms with E-state index in [2.05, 4.69) is 24.1 Å². The Hall–Kier alpha value is -0.0800. The van der Waals surface area contributed by atoms with Gasteiger partial charge in [0.2, 0.25) is 0 Å². The average molecular weight is 198 g/mol. The second kappa shape index (κ2) is 5.72. The summed E-state index contributed by atoms with van der Waals surface area (Å²) in [6, 6.07) is 1.54. The molecule has 84 valence electrons. The fourth-order valence-corrected chi connectivity index (χ4v) is 2.50. The number of hydrogen-bond donors (Lipinski definition) is 1. The van der Waals surface area contributed by atoms with Crippen LogP contribution in [-0.2, 0) is 0 Å². The largest absolute Gasteiger partial charge is 0.312 e. The van der Waals surface area contributed by atoms with Crippen molar-refractivity contribution < 1.29 is 0 Å². The van der Waals surface area contributed by atoms with Crippen LogP contribution in [0.3, 0.4) is 0 Å². The Balaban J connectivity index is 0.000000461. The van der Waals surface area contributed by atoms with Crippen LogP contribution in [0.4, 0.5) is 0 Å². The molecule has 2 aliphatic heterocycles. The van der Waals surface area contributed by atoms with Crippen LogP contribution >= 0.6 is 0 Å². The van der Waals surface area contributed by atoms with Gasteiger partial charge < -0.3 is 5.32 Å². The topological polar surface area (TPSA) is 15.3 Å². The molecular weight excluding hydrogens is 172 g/mol. The third-order valence-corrected chi connectivity index (χ3v) is 3.36. The van der Waals surface area contributed by atoms with Gasteiger partial charge in [0, 0.05) is 25.2 Å². The van der Waals surface area contributed by atoms with Crippen LogP contribution in [0.2, 0.25) is 0 Å². The molecule has 0 aromatic heterocycles. The third kappa shape index (κ3) is 2.71. The second-order valence-electron chi connectivity index (χ2n) is 4.51. The number of rotatable bonds is 1. The highest BCUT2D eigenvalue weighted by molar-refractivity contribution is 4.92. The molecule has 0 aromatic rings. The van der Waals surface area contributed by atoms with Crippen molar-refractivity contribution in [2.75, 3.05) is 19.6 Å². The summed E-state index contributed by atoms with van der Waals surface area (Å²) in [7, 11) is 0. The lowest BCUT2D eigenvalue weighted by Crippen LogP contribution is -2.41. The van der Waals surface area contributed by atoms with Crippen LogP contribution in [-0.4, -0.2) is 36.6 Å². The molecule has 0 aromatic carbocycles. The number of hydrogen-bond acceptors (Lipinski definition) is 2. The smallest absolute Gasteiger partial charge is 0.0235 e. The Bertz CT molecular complexity index is 142.